The number of aromatic nitrogens is 3. The zero-order chi connectivity index (χ0) is 16.2. The van der Waals surface area contributed by atoms with Gasteiger partial charge in [-0.15, -0.1) is 0 Å². The number of hydrogen-bond donors (Lipinski definition) is 0. The zero-order valence-corrected chi connectivity index (χ0v) is 14.0. The minimum absolute atomic E-state index is 0.965. The Bertz CT molecular complexity index is 656. The molecule has 0 spiro atoms. The molecule has 4 rings (SSSR count). The van der Waals surface area contributed by atoms with Crippen molar-refractivity contribution in [3.05, 3.63) is 36.8 Å². The molecule has 2 aromatic rings. The SMILES string of the molecule is c1ccc(N2CCCN(c3cc(N4CCCC4)ncn3)CC2)nc1. The van der Waals surface area contributed by atoms with Crippen molar-refractivity contribution in [1.82, 2.24) is 15.0 Å². The second-order valence-electron chi connectivity index (χ2n) is 6.44. The Labute approximate surface area is 143 Å². The molecule has 0 saturated carbocycles. The van der Waals surface area contributed by atoms with Crippen LogP contribution in [-0.2, 0) is 0 Å². The first-order valence-corrected chi connectivity index (χ1v) is 8.88. The van der Waals surface area contributed by atoms with Crippen LogP contribution in [0.15, 0.2) is 36.8 Å². The van der Waals surface area contributed by atoms with Crippen LogP contribution in [0, 0.1) is 0 Å². The number of nitrogens with zero attached hydrogens (tertiary/aromatic N) is 6. The molecule has 0 N–H and O–H groups in total. The van der Waals surface area contributed by atoms with E-state index in [9.17, 15) is 0 Å². The molecule has 6 nitrogen and oxygen atoms in total. The Kier molecular flexibility index (Phi) is 4.44. The van der Waals surface area contributed by atoms with Gasteiger partial charge in [0.15, 0.2) is 0 Å². The van der Waals surface area contributed by atoms with Crippen LogP contribution in [0.25, 0.3) is 0 Å². The predicted octanol–water partition coefficient (Wildman–Crippen LogP) is 2.19. The summed E-state index contributed by atoms with van der Waals surface area (Å²) < 4.78 is 0. The average molecular weight is 324 g/mol. The van der Waals surface area contributed by atoms with Crippen molar-refractivity contribution >= 4 is 17.5 Å². The van der Waals surface area contributed by atoms with Gasteiger partial charge in [0, 0.05) is 51.5 Å². The van der Waals surface area contributed by atoms with Gasteiger partial charge in [-0.25, -0.2) is 15.0 Å². The standard InChI is InChI=1S/C18H24N6/c1-2-7-19-16(6-1)23-10-5-11-24(13-12-23)18-14-17(20-15-21-18)22-8-3-4-9-22/h1-2,6-7,14-15H,3-5,8-13H2. The summed E-state index contributed by atoms with van der Waals surface area (Å²) in [6.45, 7) is 6.23. The molecule has 0 aliphatic carbocycles. The van der Waals surface area contributed by atoms with Gasteiger partial charge >= 0.3 is 0 Å². The number of pyridine rings is 1. The molecule has 0 bridgehead atoms. The van der Waals surface area contributed by atoms with Crippen LogP contribution in [0.2, 0.25) is 0 Å². The van der Waals surface area contributed by atoms with Gasteiger partial charge in [0.25, 0.3) is 0 Å². The number of anilines is 3. The lowest BCUT2D eigenvalue weighted by atomic mass is 10.3. The summed E-state index contributed by atoms with van der Waals surface area (Å²) in [4.78, 5) is 20.6. The minimum atomic E-state index is 0.965. The normalized spacial score (nSPS) is 18.8. The highest BCUT2D eigenvalue weighted by molar-refractivity contribution is 5.51. The Morgan fingerprint density at radius 1 is 0.625 bits per heavy atom. The first-order chi connectivity index (χ1) is 11.9. The molecular weight excluding hydrogens is 300 g/mol. The molecule has 2 fully saturated rings. The van der Waals surface area contributed by atoms with Crippen LogP contribution in [0.1, 0.15) is 19.3 Å². The molecule has 0 atom stereocenters. The van der Waals surface area contributed by atoms with E-state index in [1.54, 1.807) is 6.33 Å². The molecule has 2 aromatic heterocycles. The molecule has 2 saturated heterocycles. The van der Waals surface area contributed by atoms with Crippen molar-refractivity contribution < 1.29 is 0 Å². The van der Waals surface area contributed by atoms with Crippen molar-refractivity contribution in [2.24, 2.45) is 0 Å². The summed E-state index contributed by atoms with van der Waals surface area (Å²) in [5.74, 6) is 3.19. The first-order valence-electron chi connectivity index (χ1n) is 8.88. The van der Waals surface area contributed by atoms with E-state index in [1.807, 2.05) is 12.3 Å². The molecule has 6 heteroatoms. The highest BCUT2D eigenvalue weighted by Gasteiger charge is 2.19. The molecule has 126 valence electrons. The molecule has 0 aromatic carbocycles. The molecule has 0 radical (unpaired) electrons. The zero-order valence-electron chi connectivity index (χ0n) is 14.0. The van der Waals surface area contributed by atoms with E-state index >= 15 is 0 Å². The largest absolute Gasteiger partial charge is 0.356 e. The van der Waals surface area contributed by atoms with Gasteiger partial charge < -0.3 is 14.7 Å². The highest BCUT2D eigenvalue weighted by atomic mass is 15.3. The van der Waals surface area contributed by atoms with E-state index in [0.29, 0.717) is 0 Å². The van der Waals surface area contributed by atoms with E-state index in [4.69, 9.17) is 0 Å². The maximum absolute atomic E-state index is 4.53. The lowest BCUT2D eigenvalue weighted by Crippen LogP contribution is -2.31. The van der Waals surface area contributed by atoms with Crippen LogP contribution in [0.3, 0.4) is 0 Å². The van der Waals surface area contributed by atoms with Crippen molar-refractivity contribution in [3.63, 3.8) is 0 Å². The predicted molar refractivity (Wildman–Crippen MR) is 96.8 cm³/mol. The third kappa shape index (κ3) is 3.27. The monoisotopic (exact) mass is 324 g/mol. The van der Waals surface area contributed by atoms with Crippen LogP contribution >= 0.6 is 0 Å². The minimum Gasteiger partial charge on any atom is -0.356 e. The summed E-state index contributed by atoms with van der Waals surface area (Å²) in [6.07, 6.45) is 7.22. The Morgan fingerprint density at radius 2 is 1.25 bits per heavy atom. The number of rotatable bonds is 3. The van der Waals surface area contributed by atoms with Gasteiger partial charge in [0.05, 0.1) is 0 Å². The Morgan fingerprint density at radius 3 is 1.92 bits per heavy atom. The van der Waals surface area contributed by atoms with Gasteiger partial charge in [-0.3, -0.25) is 0 Å². The molecule has 2 aliphatic rings. The second-order valence-corrected chi connectivity index (χ2v) is 6.44. The van der Waals surface area contributed by atoms with Gasteiger partial charge in [-0.05, 0) is 31.4 Å². The molecule has 0 amide bonds. The third-order valence-corrected chi connectivity index (χ3v) is 4.86. The van der Waals surface area contributed by atoms with E-state index in [1.165, 1.54) is 12.8 Å². The third-order valence-electron chi connectivity index (χ3n) is 4.86. The summed E-state index contributed by atoms with van der Waals surface area (Å²) in [7, 11) is 0. The smallest absolute Gasteiger partial charge is 0.134 e. The van der Waals surface area contributed by atoms with E-state index in [0.717, 1.165) is 63.1 Å². The van der Waals surface area contributed by atoms with Crippen molar-refractivity contribution in [1.29, 1.82) is 0 Å². The van der Waals surface area contributed by atoms with Crippen LogP contribution < -0.4 is 14.7 Å². The molecule has 4 heterocycles. The summed E-state index contributed by atoms with van der Waals surface area (Å²) in [5.41, 5.74) is 0. The molecular formula is C18H24N6. The number of hydrogen-bond acceptors (Lipinski definition) is 6. The van der Waals surface area contributed by atoms with E-state index in [2.05, 4.69) is 47.9 Å². The van der Waals surface area contributed by atoms with Gasteiger partial charge in [0.1, 0.15) is 23.8 Å². The van der Waals surface area contributed by atoms with Crippen LogP contribution in [0.4, 0.5) is 17.5 Å². The lowest BCUT2D eigenvalue weighted by Gasteiger charge is -2.24. The fourth-order valence-electron chi connectivity index (χ4n) is 3.55. The maximum Gasteiger partial charge on any atom is 0.134 e. The van der Waals surface area contributed by atoms with Crippen molar-refractivity contribution in [2.45, 2.75) is 19.3 Å². The van der Waals surface area contributed by atoms with Gasteiger partial charge in [0.2, 0.25) is 0 Å². The fourth-order valence-corrected chi connectivity index (χ4v) is 3.55. The molecule has 0 unspecified atom stereocenters. The molecule has 2 aliphatic heterocycles. The highest BCUT2D eigenvalue weighted by Crippen LogP contribution is 2.22. The van der Waals surface area contributed by atoms with Crippen LogP contribution in [-0.4, -0.2) is 54.2 Å². The maximum atomic E-state index is 4.53. The van der Waals surface area contributed by atoms with Crippen molar-refractivity contribution in [2.75, 3.05) is 54.0 Å². The van der Waals surface area contributed by atoms with Crippen molar-refractivity contribution in [3.8, 4) is 0 Å². The molecule has 24 heavy (non-hydrogen) atoms. The van der Waals surface area contributed by atoms with Gasteiger partial charge in [-0.2, -0.15) is 0 Å². The average Bonchev–Trinajstić information content (AvgIpc) is 3.07. The van der Waals surface area contributed by atoms with E-state index < -0.39 is 0 Å². The summed E-state index contributed by atoms with van der Waals surface area (Å²) >= 11 is 0. The topological polar surface area (TPSA) is 48.4 Å². The fraction of sp³-hybridized carbons (Fsp3) is 0.500. The summed E-state index contributed by atoms with van der Waals surface area (Å²) in [6, 6.07) is 8.26. The lowest BCUT2D eigenvalue weighted by molar-refractivity contribution is 0.791. The van der Waals surface area contributed by atoms with Gasteiger partial charge in [-0.1, -0.05) is 6.07 Å². The van der Waals surface area contributed by atoms with E-state index in [-0.39, 0.29) is 0 Å². The second kappa shape index (κ2) is 7.03. The first kappa shape index (κ1) is 15.2. The Hall–Kier alpha value is -2.37. The van der Waals surface area contributed by atoms with Crippen LogP contribution in [0.5, 0.6) is 0 Å². The summed E-state index contributed by atoms with van der Waals surface area (Å²) in [5, 5.41) is 0. The Balaban J connectivity index is 1.46. The quantitative estimate of drug-likeness (QED) is 0.862.